The third kappa shape index (κ3) is 3.93. The number of amides is 1. The molecule has 0 bridgehead atoms. The molecular weight excluding hydrogens is 256 g/mol. The van der Waals surface area contributed by atoms with E-state index >= 15 is 0 Å². The van der Waals surface area contributed by atoms with Crippen LogP contribution in [0.1, 0.15) is 38.5 Å². The topological polar surface area (TPSA) is 75.8 Å². The van der Waals surface area contributed by atoms with E-state index in [4.69, 9.17) is 10.5 Å². The Kier molecular flexibility index (Phi) is 5.41. The molecule has 2 fully saturated rings. The molecule has 116 valence electrons. The van der Waals surface area contributed by atoms with E-state index in [1.54, 1.807) is 4.90 Å². The second-order valence-electron chi connectivity index (χ2n) is 6.48. The molecule has 1 aliphatic heterocycles. The first-order valence-electron chi connectivity index (χ1n) is 7.79. The van der Waals surface area contributed by atoms with Crippen molar-refractivity contribution in [3.63, 3.8) is 0 Å². The van der Waals surface area contributed by atoms with Crippen LogP contribution in [0.2, 0.25) is 0 Å². The van der Waals surface area contributed by atoms with Gasteiger partial charge >= 0.3 is 0 Å². The Labute approximate surface area is 121 Å². The summed E-state index contributed by atoms with van der Waals surface area (Å²) >= 11 is 0. The summed E-state index contributed by atoms with van der Waals surface area (Å²) in [4.78, 5) is 14.2. The summed E-state index contributed by atoms with van der Waals surface area (Å²) in [5.41, 5.74) is 4.92. The lowest BCUT2D eigenvalue weighted by atomic mass is 9.81. The number of carbonyl (C=O) groups excluding carboxylic acids is 1. The Hall–Kier alpha value is -0.650. The van der Waals surface area contributed by atoms with E-state index < -0.39 is 5.60 Å². The van der Waals surface area contributed by atoms with Crippen molar-refractivity contribution in [1.29, 1.82) is 0 Å². The molecule has 0 aromatic heterocycles. The van der Waals surface area contributed by atoms with Crippen LogP contribution in [0.3, 0.4) is 0 Å². The first-order chi connectivity index (χ1) is 9.54. The van der Waals surface area contributed by atoms with Gasteiger partial charge in [-0.25, -0.2) is 0 Å². The number of carbonyl (C=O) groups is 1. The standard InChI is InChI=1S/C15H28N2O3/c1-17(11-15(19)6-8-20-9-7-15)14(18)13-4-2-12(10-16)3-5-13/h12-13,19H,2-11,16H2,1H3. The molecule has 1 saturated heterocycles. The van der Waals surface area contributed by atoms with Gasteiger partial charge in [-0.2, -0.15) is 0 Å². The minimum atomic E-state index is -0.767. The van der Waals surface area contributed by atoms with Gasteiger partial charge in [0.2, 0.25) is 5.91 Å². The normalized spacial score (nSPS) is 29.9. The van der Waals surface area contributed by atoms with Crippen molar-refractivity contribution in [2.45, 2.75) is 44.1 Å². The van der Waals surface area contributed by atoms with Crippen LogP contribution in [0, 0.1) is 11.8 Å². The first-order valence-corrected chi connectivity index (χ1v) is 7.79. The minimum Gasteiger partial charge on any atom is -0.388 e. The summed E-state index contributed by atoms with van der Waals surface area (Å²) in [7, 11) is 1.81. The van der Waals surface area contributed by atoms with E-state index in [2.05, 4.69) is 0 Å². The molecule has 0 aromatic carbocycles. The maximum absolute atomic E-state index is 12.5. The lowest BCUT2D eigenvalue weighted by molar-refractivity contribution is -0.142. The van der Waals surface area contributed by atoms with Gasteiger partial charge in [0.05, 0.1) is 5.60 Å². The van der Waals surface area contributed by atoms with Gasteiger partial charge in [0, 0.05) is 45.6 Å². The summed E-state index contributed by atoms with van der Waals surface area (Å²) in [6.07, 6.45) is 5.21. The second kappa shape index (κ2) is 6.87. The molecule has 0 spiro atoms. The summed E-state index contributed by atoms with van der Waals surface area (Å²) in [5.74, 6) is 0.885. The fourth-order valence-corrected chi connectivity index (χ4v) is 3.39. The van der Waals surface area contributed by atoms with E-state index in [0.717, 1.165) is 32.2 Å². The van der Waals surface area contributed by atoms with E-state index in [1.165, 1.54) is 0 Å². The second-order valence-corrected chi connectivity index (χ2v) is 6.48. The molecule has 1 aliphatic carbocycles. The first kappa shape index (κ1) is 15.7. The van der Waals surface area contributed by atoms with E-state index in [-0.39, 0.29) is 11.8 Å². The third-order valence-electron chi connectivity index (χ3n) is 4.86. The van der Waals surface area contributed by atoms with Gasteiger partial charge in [-0.3, -0.25) is 4.79 Å². The van der Waals surface area contributed by atoms with Crippen molar-refractivity contribution >= 4 is 5.91 Å². The molecule has 5 nitrogen and oxygen atoms in total. The number of hydrogen-bond donors (Lipinski definition) is 2. The molecule has 1 saturated carbocycles. The largest absolute Gasteiger partial charge is 0.388 e. The van der Waals surface area contributed by atoms with Crippen molar-refractivity contribution in [3.05, 3.63) is 0 Å². The molecule has 3 N–H and O–H groups in total. The van der Waals surface area contributed by atoms with Gasteiger partial charge in [-0.05, 0) is 38.1 Å². The lowest BCUT2D eigenvalue weighted by Gasteiger charge is -2.37. The zero-order valence-corrected chi connectivity index (χ0v) is 12.5. The van der Waals surface area contributed by atoms with Crippen LogP contribution in [0.4, 0.5) is 0 Å². The number of rotatable bonds is 4. The van der Waals surface area contributed by atoms with Crippen molar-refractivity contribution < 1.29 is 14.6 Å². The van der Waals surface area contributed by atoms with Gasteiger partial charge in [0.15, 0.2) is 0 Å². The quantitative estimate of drug-likeness (QED) is 0.799. The highest BCUT2D eigenvalue weighted by Gasteiger charge is 2.34. The van der Waals surface area contributed by atoms with Crippen molar-refractivity contribution in [2.24, 2.45) is 17.6 Å². The van der Waals surface area contributed by atoms with Crippen LogP contribution in [0.25, 0.3) is 0 Å². The van der Waals surface area contributed by atoms with Gasteiger partial charge in [-0.15, -0.1) is 0 Å². The van der Waals surface area contributed by atoms with Crippen LogP contribution >= 0.6 is 0 Å². The number of ether oxygens (including phenoxy) is 1. The maximum Gasteiger partial charge on any atom is 0.225 e. The Morgan fingerprint density at radius 2 is 1.90 bits per heavy atom. The highest BCUT2D eigenvalue weighted by molar-refractivity contribution is 5.78. The molecule has 0 aromatic rings. The van der Waals surface area contributed by atoms with E-state index in [0.29, 0.717) is 38.5 Å². The molecule has 0 radical (unpaired) electrons. The Morgan fingerprint density at radius 1 is 1.30 bits per heavy atom. The number of hydrogen-bond acceptors (Lipinski definition) is 4. The molecule has 1 heterocycles. The summed E-state index contributed by atoms with van der Waals surface area (Å²) in [6.45, 7) is 2.32. The Morgan fingerprint density at radius 3 is 2.45 bits per heavy atom. The van der Waals surface area contributed by atoms with Gasteiger partial charge in [-0.1, -0.05) is 0 Å². The molecule has 0 unspecified atom stereocenters. The summed E-state index contributed by atoms with van der Waals surface area (Å²) in [5, 5.41) is 10.5. The fraction of sp³-hybridized carbons (Fsp3) is 0.933. The summed E-state index contributed by atoms with van der Waals surface area (Å²) < 4.78 is 5.27. The van der Waals surface area contributed by atoms with Crippen molar-refractivity contribution in [3.8, 4) is 0 Å². The predicted molar refractivity (Wildman–Crippen MR) is 77.1 cm³/mol. The highest BCUT2D eigenvalue weighted by Crippen LogP contribution is 2.30. The lowest BCUT2D eigenvalue weighted by Crippen LogP contribution is -2.49. The van der Waals surface area contributed by atoms with Crippen LogP contribution in [-0.2, 0) is 9.53 Å². The van der Waals surface area contributed by atoms with Crippen LogP contribution in [0.15, 0.2) is 0 Å². The van der Waals surface area contributed by atoms with Crippen LogP contribution in [-0.4, -0.2) is 54.9 Å². The number of aliphatic hydroxyl groups is 1. The van der Waals surface area contributed by atoms with Gasteiger partial charge in [0.25, 0.3) is 0 Å². The average molecular weight is 284 g/mol. The molecule has 5 heteroatoms. The monoisotopic (exact) mass is 284 g/mol. The minimum absolute atomic E-state index is 0.117. The molecule has 0 atom stereocenters. The van der Waals surface area contributed by atoms with Gasteiger partial charge in [0.1, 0.15) is 0 Å². The molecule has 2 aliphatic rings. The van der Waals surface area contributed by atoms with Crippen LogP contribution in [0.5, 0.6) is 0 Å². The van der Waals surface area contributed by atoms with Gasteiger partial charge < -0.3 is 20.5 Å². The number of likely N-dealkylation sites (N-methyl/N-ethyl adjacent to an activating group) is 1. The third-order valence-corrected chi connectivity index (χ3v) is 4.86. The molecule has 20 heavy (non-hydrogen) atoms. The van der Waals surface area contributed by atoms with Crippen LogP contribution < -0.4 is 5.73 Å². The molecule has 1 amide bonds. The Balaban J connectivity index is 1.82. The zero-order valence-electron chi connectivity index (χ0n) is 12.5. The smallest absolute Gasteiger partial charge is 0.225 e. The molecular formula is C15H28N2O3. The van der Waals surface area contributed by atoms with E-state index in [9.17, 15) is 9.90 Å². The highest BCUT2D eigenvalue weighted by atomic mass is 16.5. The predicted octanol–water partition coefficient (Wildman–Crippen LogP) is 0.751. The Bertz CT molecular complexity index is 321. The SMILES string of the molecule is CN(CC1(O)CCOCC1)C(=O)C1CCC(CN)CC1. The van der Waals surface area contributed by atoms with E-state index in [1.807, 2.05) is 7.05 Å². The summed E-state index contributed by atoms with van der Waals surface area (Å²) in [6, 6.07) is 0. The average Bonchev–Trinajstić information content (AvgIpc) is 2.47. The van der Waals surface area contributed by atoms with Crippen molar-refractivity contribution in [2.75, 3.05) is 33.4 Å². The number of nitrogens with two attached hydrogens (primary N) is 1. The fourth-order valence-electron chi connectivity index (χ4n) is 3.39. The zero-order chi connectivity index (χ0) is 14.6. The number of nitrogens with zero attached hydrogens (tertiary/aromatic N) is 1. The maximum atomic E-state index is 12.5. The van der Waals surface area contributed by atoms with Crippen molar-refractivity contribution in [1.82, 2.24) is 4.90 Å². The molecule has 2 rings (SSSR count).